The Labute approximate surface area is 116 Å². The third-order valence-electron chi connectivity index (χ3n) is 2.21. The fourth-order valence-corrected chi connectivity index (χ4v) is 1.50. The molecule has 1 aromatic carbocycles. The lowest BCUT2D eigenvalue weighted by molar-refractivity contribution is 0.328. The van der Waals surface area contributed by atoms with Crippen LogP contribution in [0.3, 0.4) is 0 Å². The summed E-state index contributed by atoms with van der Waals surface area (Å²) in [6.45, 7) is 10.4. The molecule has 4 heteroatoms. The summed E-state index contributed by atoms with van der Waals surface area (Å²) in [6.07, 6.45) is 0. The van der Waals surface area contributed by atoms with Gasteiger partial charge in [-0.2, -0.15) is 0 Å². The zero-order valence-electron chi connectivity index (χ0n) is 12.4. The molecule has 0 aromatic heterocycles. The topological polar surface area (TPSA) is 45.7 Å². The van der Waals surface area contributed by atoms with Crippen molar-refractivity contribution in [2.75, 3.05) is 19.7 Å². The van der Waals surface area contributed by atoms with Gasteiger partial charge in [0, 0.05) is 12.1 Å². The molecule has 0 heterocycles. The number of para-hydroxylation sites is 1. The molecule has 0 radical (unpaired) electrons. The fraction of sp³-hybridized carbons (Fsp3) is 0.533. The smallest absolute Gasteiger partial charge is 0.191 e. The van der Waals surface area contributed by atoms with Crippen molar-refractivity contribution >= 4 is 5.96 Å². The number of aliphatic imine (C=N–C) groups is 1. The summed E-state index contributed by atoms with van der Waals surface area (Å²) in [5.41, 5.74) is 0.00128. The Balaban J connectivity index is 2.39. The molecule has 0 amide bonds. The van der Waals surface area contributed by atoms with Crippen LogP contribution in [0.15, 0.2) is 35.3 Å². The number of guanidine groups is 1. The third-order valence-corrected chi connectivity index (χ3v) is 2.21. The predicted octanol–water partition coefficient (Wildman–Crippen LogP) is 2.42. The van der Waals surface area contributed by atoms with Crippen LogP contribution in [0.5, 0.6) is 5.75 Å². The molecule has 0 unspecified atom stereocenters. The van der Waals surface area contributed by atoms with Gasteiger partial charge in [-0.15, -0.1) is 0 Å². The Morgan fingerprint density at radius 2 is 1.89 bits per heavy atom. The predicted molar refractivity (Wildman–Crippen MR) is 80.8 cm³/mol. The van der Waals surface area contributed by atoms with E-state index in [4.69, 9.17) is 4.74 Å². The minimum absolute atomic E-state index is 0.00128. The van der Waals surface area contributed by atoms with Crippen LogP contribution in [0.4, 0.5) is 0 Å². The number of nitrogens with zero attached hydrogens (tertiary/aromatic N) is 1. The van der Waals surface area contributed by atoms with Crippen LogP contribution in [-0.2, 0) is 0 Å². The molecule has 0 saturated carbocycles. The highest BCUT2D eigenvalue weighted by Gasteiger charge is 2.11. The largest absolute Gasteiger partial charge is 0.492 e. The molecule has 19 heavy (non-hydrogen) atoms. The second kappa shape index (κ2) is 7.67. The Morgan fingerprint density at radius 1 is 1.21 bits per heavy atom. The van der Waals surface area contributed by atoms with E-state index in [2.05, 4.69) is 43.3 Å². The molecule has 0 aliphatic heterocycles. The summed E-state index contributed by atoms with van der Waals surface area (Å²) in [7, 11) is 0. The number of ether oxygens (including phenoxy) is 1. The number of hydrogen-bond acceptors (Lipinski definition) is 2. The van der Waals surface area contributed by atoms with Crippen molar-refractivity contribution < 1.29 is 4.74 Å². The van der Waals surface area contributed by atoms with Crippen molar-refractivity contribution in [1.82, 2.24) is 10.6 Å². The van der Waals surface area contributed by atoms with E-state index in [0.717, 1.165) is 18.3 Å². The van der Waals surface area contributed by atoms with Crippen LogP contribution in [0.25, 0.3) is 0 Å². The number of rotatable bonds is 5. The molecule has 106 valence electrons. The van der Waals surface area contributed by atoms with E-state index >= 15 is 0 Å². The van der Waals surface area contributed by atoms with Crippen LogP contribution < -0.4 is 15.4 Å². The number of benzene rings is 1. The summed E-state index contributed by atoms with van der Waals surface area (Å²) in [4.78, 5) is 4.48. The van der Waals surface area contributed by atoms with Gasteiger partial charge in [0.1, 0.15) is 12.4 Å². The lowest BCUT2D eigenvalue weighted by Crippen LogP contribution is -2.47. The van der Waals surface area contributed by atoms with Crippen molar-refractivity contribution in [2.24, 2.45) is 4.99 Å². The van der Waals surface area contributed by atoms with Gasteiger partial charge in [0.15, 0.2) is 5.96 Å². The molecule has 0 aliphatic rings. The molecule has 0 saturated heterocycles. The lowest BCUT2D eigenvalue weighted by atomic mass is 10.1. The van der Waals surface area contributed by atoms with Gasteiger partial charge in [-0.05, 0) is 39.8 Å². The second-order valence-corrected chi connectivity index (χ2v) is 5.30. The van der Waals surface area contributed by atoms with Gasteiger partial charge < -0.3 is 15.4 Å². The van der Waals surface area contributed by atoms with Crippen molar-refractivity contribution in [1.29, 1.82) is 0 Å². The first-order chi connectivity index (χ1) is 9.01. The van der Waals surface area contributed by atoms with Crippen molar-refractivity contribution in [3.05, 3.63) is 30.3 Å². The minimum atomic E-state index is 0.00128. The van der Waals surface area contributed by atoms with Crippen LogP contribution in [0.2, 0.25) is 0 Å². The van der Waals surface area contributed by atoms with Gasteiger partial charge in [0.2, 0.25) is 0 Å². The quantitative estimate of drug-likeness (QED) is 0.487. The molecular weight excluding hydrogens is 238 g/mol. The first-order valence-corrected chi connectivity index (χ1v) is 6.75. The van der Waals surface area contributed by atoms with E-state index in [9.17, 15) is 0 Å². The fourth-order valence-electron chi connectivity index (χ4n) is 1.50. The SMILES string of the molecule is CCNC(=NCCOc1ccccc1)NC(C)(C)C. The highest BCUT2D eigenvalue weighted by atomic mass is 16.5. The molecule has 0 atom stereocenters. The van der Waals surface area contributed by atoms with Crippen molar-refractivity contribution in [2.45, 2.75) is 33.2 Å². The summed E-state index contributed by atoms with van der Waals surface area (Å²) >= 11 is 0. The number of hydrogen-bond donors (Lipinski definition) is 2. The number of nitrogens with one attached hydrogen (secondary N) is 2. The molecule has 0 bridgehead atoms. The molecule has 1 aromatic rings. The van der Waals surface area contributed by atoms with E-state index in [1.807, 2.05) is 30.3 Å². The summed E-state index contributed by atoms with van der Waals surface area (Å²) < 4.78 is 5.60. The van der Waals surface area contributed by atoms with Gasteiger partial charge >= 0.3 is 0 Å². The van der Waals surface area contributed by atoms with Crippen molar-refractivity contribution in [3.63, 3.8) is 0 Å². The second-order valence-electron chi connectivity index (χ2n) is 5.30. The average molecular weight is 263 g/mol. The molecular formula is C15H25N3O. The minimum Gasteiger partial charge on any atom is -0.492 e. The zero-order chi connectivity index (χ0) is 14.1. The van der Waals surface area contributed by atoms with E-state index in [-0.39, 0.29) is 5.54 Å². The Bertz CT molecular complexity index is 382. The zero-order valence-corrected chi connectivity index (χ0v) is 12.4. The maximum absolute atomic E-state index is 5.60. The van der Waals surface area contributed by atoms with Gasteiger partial charge in [-0.3, -0.25) is 0 Å². The summed E-state index contributed by atoms with van der Waals surface area (Å²) in [5, 5.41) is 6.56. The van der Waals surface area contributed by atoms with E-state index in [0.29, 0.717) is 13.2 Å². The van der Waals surface area contributed by atoms with Gasteiger partial charge in [0.25, 0.3) is 0 Å². The van der Waals surface area contributed by atoms with Gasteiger partial charge in [-0.25, -0.2) is 4.99 Å². The maximum Gasteiger partial charge on any atom is 0.191 e. The summed E-state index contributed by atoms with van der Waals surface area (Å²) in [6, 6.07) is 9.79. The van der Waals surface area contributed by atoms with Gasteiger partial charge in [0.05, 0.1) is 6.54 Å². The Kier molecular flexibility index (Phi) is 6.19. The van der Waals surface area contributed by atoms with Crippen LogP contribution in [-0.4, -0.2) is 31.2 Å². The Morgan fingerprint density at radius 3 is 2.47 bits per heavy atom. The van der Waals surface area contributed by atoms with Crippen molar-refractivity contribution in [3.8, 4) is 5.75 Å². The van der Waals surface area contributed by atoms with E-state index in [1.54, 1.807) is 0 Å². The molecule has 2 N–H and O–H groups in total. The standard InChI is InChI=1S/C15H25N3O/c1-5-16-14(18-15(2,3)4)17-11-12-19-13-9-7-6-8-10-13/h6-10H,5,11-12H2,1-4H3,(H2,16,17,18). The maximum atomic E-state index is 5.60. The van der Waals surface area contributed by atoms with Gasteiger partial charge in [-0.1, -0.05) is 18.2 Å². The average Bonchev–Trinajstić information content (AvgIpc) is 2.34. The molecule has 0 aliphatic carbocycles. The third kappa shape index (κ3) is 7.34. The normalized spacial score (nSPS) is 12.1. The molecule has 1 rings (SSSR count). The highest BCUT2D eigenvalue weighted by molar-refractivity contribution is 5.80. The monoisotopic (exact) mass is 263 g/mol. The van der Waals surface area contributed by atoms with E-state index < -0.39 is 0 Å². The summed E-state index contributed by atoms with van der Waals surface area (Å²) in [5.74, 6) is 1.71. The highest BCUT2D eigenvalue weighted by Crippen LogP contribution is 2.07. The first-order valence-electron chi connectivity index (χ1n) is 6.75. The van der Waals surface area contributed by atoms with E-state index in [1.165, 1.54) is 0 Å². The van der Waals surface area contributed by atoms with Crippen LogP contribution in [0, 0.1) is 0 Å². The van der Waals surface area contributed by atoms with Crippen LogP contribution in [0.1, 0.15) is 27.7 Å². The van der Waals surface area contributed by atoms with Crippen LogP contribution >= 0.6 is 0 Å². The molecule has 0 spiro atoms. The molecule has 4 nitrogen and oxygen atoms in total. The lowest BCUT2D eigenvalue weighted by Gasteiger charge is -2.23. The first kappa shape index (κ1) is 15.3. The Hall–Kier alpha value is -1.71. The molecule has 0 fully saturated rings.